The Bertz CT molecular complexity index is 555. The van der Waals surface area contributed by atoms with Crippen molar-refractivity contribution in [3.05, 3.63) is 40.4 Å². The lowest BCUT2D eigenvalue weighted by atomic mass is 10.1. The lowest BCUT2D eigenvalue weighted by Crippen LogP contribution is -2.14. The molecule has 1 heterocycles. The van der Waals surface area contributed by atoms with Gasteiger partial charge in [0, 0.05) is 17.0 Å². The van der Waals surface area contributed by atoms with Crippen LogP contribution in [0.1, 0.15) is 43.3 Å². The summed E-state index contributed by atoms with van der Waals surface area (Å²) in [6, 6.07) is 8.68. The molecule has 2 aromatic rings. The first kappa shape index (κ1) is 16.2. The molecule has 2 nitrogen and oxygen atoms in total. The molecule has 0 unspecified atom stereocenters. The number of hydrogen-bond donors (Lipinski definition) is 1. The highest BCUT2D eigenvalue weighted by Gasteiger charge is 2.13. The van der Waals surface area contributed by atoms with Crippen molar-refractivity contribution >= 4 is 11.3 Å². The summed E-state index contributed by atoms with van der Waals surface area (Å²) in [5.41, 5.74) is 3.80. The van der Waals surface area contributed by atoms with Gasteiger partial charge in [-0.3, -0.25) is 0 Å². The fourth-order valence-corrected chi connectivity index (χ4v) is 3.33. The van der Waals surface area contributed by atoms with Gasteiger partial charge >= 0.3 is 0 Å². The summed E-state index contributed by atoms with van der Waals surface area (Å²) in [5, 5.41) is 4.66. The molecule has 0 aliphatic heterocycles. The summed E-state index contributed by atoms with van der Waals surface area (Å²) in [6.07, 6.45) is 2.23. The minimum absolute atomic E-state index is 0.642. The average molecular weight is 302 g/mol. The molecule has 0 radical (unpaired) electrons. The molecule has 3 heteroatoms. The Labute approximate surface area is 132 Å². The van der Waals surface area contributed by atoms with Gasteiger partial charge in [0.1, 0.15) is 5.01 Å². The quantitative estimate of drug-likeness (QED) is 0.742. The number of nitrogens with one attached hydrogen (secondary N) is 1. The molecule has 0 bridgehead atoms. The zero-order valence-corrected chi connectivity index (χ0v) is 14.4. The van der Waals surface area contributed by atoms with E-state index >= 15 is 0 Å². The normalized spacial score (nSPS) is 11.3. The predicted octanol–water partition coefficient (Wildman–Crippen LogP) is 4.82. The molecule has 1 aromatic carbocycles. The minimum Gasteiger partial charge on any atom is -0.312 e. The Morgan fingerprint density at radius 2 is 1.90 bits per heavy atom. The standard InChI is InChI=1S/C18H26N2S/c1-5-10-19-12-17-16(11-13(2)3)20-18(21-17)15-8-6-14(4)7-9-15/h6-9,13,19H,5,10-12H2,1-4H3. The van der Waals surface area contributed by atoms with Gasteiger partial charge in [-0.1, -0.05) is 50.6 Å². The lowest BCUT2D eigenvalue weighted by Gasteiger charge is -2.05. The Kier molecular flexibility index (Phi) is 5.95. The molecule has 114 valence electrons. The second kappa shape index (κ2) is 7.71. The summed E-state index contributed by atoms with van der Waals surface area (Å²) in [4.78, 5) is 6.30. The molecule has 0 saturated carbocycles. The van der Waals surface area contributed by atoms with E-state index in [-0.39, 0.29) is 0 Å². The maximum Gasteiger partial charge on any atom is 0.123 e. The summed E-state index contributed by atoms with van der Waals surface area (Å²) in [5.74, 6) is 0.642. The van der Waals surface area contributed by atoms with Crippen LogP contribution in [-0.4, -0.2) is 11.5 Å². The second-order valence-electron chi connectivity index (χ2n) is 6.03. The number of aryl methyl sites for hydroxylation is 1. The Balaban J connectivity index is 2.23. The summed E-state index contributed by atoms with van der Waals surface area (Å²) >= 11 is 1.84. The largest absolute Gasteiger partial charge is 0.312 e. The molecule has 1 aromatic heterocycles. The molecular formula is C18H26N2S. The smallest absolute Gasteiger partial charge is 0.123 e. The Morgan fingerprint density at radius 1 is 1.19 bits per heavy atom. The van der Waals surface area contributed by atoms with Crippen molar-refractivity contribution in [2.24, 2.45) is 5.92 Å². The third-order valence-corrected chi connectivity index (χ3v) is 4.54. The van der Waals surface area contributed by atoms with Gasteiger partial charge in [0.15, 0.2) is 0 Å². The number of rotatable bonds is 7. The summed E-state index contributed by atoms with van der Waals surface area (Å²) in [6.45, 7) is 10.9. The van der Waals surface area contributed by atoms with Gasteiger partial charge in [-0.25, -0.2) is 4.98 Å². The second-order valence-corrected chi connectivity index (χ2v) is 7.11. The van der Waals surface area contributed by atoms with Crippen molar-refractivity contribution in [2.75, 3.05) is 6.54 Å². The molecule has 0 spiro atoms. The van der Waals surface area contributed by atoms with Crippen LogP contribution < -0.4 is 5.32 Å². The lowest BCUT2D eigenvalue weighted by molar-refractivity contribution is 0.623. The Morgan fingerprint density at radius 3 is 2.52 bits per heavy atom. The highest BCUT2D eigenvalue weighted by Crippen LogP contribution is 2.29. The van der Waals surface area contributed by atoms with Crippen LogP contribution in [0.3, 0.4) is 0 Å². The Hall–Kier alpha value is -1.19. The van der Waals surface area contributed by atoms with Gasteiger partial charge in [-0.15, -0.1) is 11.3 Å². The van der Waals surface area contributed by atoms with Crippen molar-refractivity contribution in [1.82, 2.24) is 10.3 Å². The van der Waals surface area contributed by atoms with Gasteiger partial charge < -0.3 is 5.32 Å². The van der Waals surface area contributed by atoms with E-state index in [1.165, 1.54) is 28.1 Å². The minimum atomic E-state index is 0.642. The number of benzene rings is 1. The van der Waals surface area contributed by atoms with E-state index in [1.807, 2.05) is 11.3 Å². The predicted molar refractivity (Wildman–Crippen MR) is 92.8 cm³/mol. The van der Waals surface area contributed by atoms with Gasteiger partial charge in [0.05, 0.1) is 5.69 Å². The van der Waals surface area contributed by atoms with Crippen molar-refractivity contribution in [3.8, 4) is 10.6 Å². The van der Waals surface area contributed by atoms with Crippen LogP contribution in [0.15, 0.2) is 24.3 Å². The van der Waals surface area contributed by atoms with Crippen molar-refractivity contribution in [3.63, 3.8) is 0 Å². The summed E-state index contributed by atoms with van der Waals surface area (Å²) < 4.78 is 0. The van der Waals surface area contributed by atoms with Gasteiger partial charge in [0.25, 0.3) is 0 Å². The zero-order valence-electron chi connectivity index (χ0n) is 13.6. The molecule has 0 atom stereocenters. The highest BCUT2D eigenvalue weighted by atomic mass is 32.1. The molecule has 1 N–H and O–H groups in total. The van der Waals surface area contributed by atoms with Crippen LogP contribution >= 0.6 is 11.3 Å². The first-order valence-corrected chi connectivity index (χ1v) is 8.68. The fraction of sp³-hybridized carbons (Fsp3) is 0.500. The van der Waals surface area contributed by atoms with Crippen LogP contribution in [0.2, 0.25) is 0 Å². The summed E-state index contributed by atoms with van der Waals surface area (Å²) in [7, 11) is 0. The first-order chi connectivity index (χ1) is 10.1. The van der Waals surface area contributed by atoms with Crippen LogP contribution in [0, 0.1) is 12.8 Å². The topological polar surface area (TPSA) is 24.9 Å². The maximum absolute atomic E-state index is 4.91. The molecule has 0 fully saturated rings. The van der Waals surface area contributed by atoms with Gasteiger partial charge in [-0.05, 0) is 32.2 Å². The third kappa shape index (κ3) is 4.65. The van der Waals surface area contributed by atoms with E-state index in [0.717, 1.165) is 24.5 Å². The van der Waals surface area contributed by atoms with E-state index < -0.39 is 0 Å². The number of aromatic nitrogens is 1. The van der Waals surface area contributed by atoms with E-state index in [0.29, 0.717) is 5.92 Å². The monoisotopic (exact) mass is 302 g/mol. The molecule has 0 saturated heterocycles. The molecule has 0 aliphatic carbocycles. The zero-order chi connectivity index (χ0) is 15.2. The van der Waals surface area contributed by atoms with E-state index in [4.69, 9.17) is 4.98 Å². The molecule has 21 heavy (non-hydrogen) atoms. The highest BCUT2D eigenvalue weighted by molar-refractivity contribution is 7.15. The SMILES string of the molecule is CCCNCc1sc(-c2ccc(C)cc2)nc1CC(C)C. The maximum atomic E-state index is 4.91. The van der Waals surface area contributed by atoms with Gasteiger partial charge in [-0.2, -0.15) is 0 Å². The van der Waals surface area contributed by atoms with E-state index in [1.54, 1.807) is 0 Å². The van der Waals surface area contributed by atoms with Crippen LogP contribution in [0.4, 0.5) is 0 Å². The number of hydrogen-bond acceptors (Lipinski definition) is 3. The van der Waals surface area contributed by atoms with Gasteiger partial charge in [0.2, 0.25) is 0 Å². The van der Waals surface area contributed by atoms with Crippen LogP contribution in [-0.2, 0) is 13.0 Å². The van der Waals surface area contributed by atoms with E-state index in [9.17, 15) is 0 Å². The van der Waals surface area contributed by atoms with E-state index in [2.05, 4.69) is 57.3 Å². The molecule has 0 aliphatic rings. The first-order valence-electron chi connectivity index (χ1n) is 7.86. The van der Waals surface area contributed by atoms with Crippen molar-refractivity contribution < 1.29 is 0 Å². The number of nitrogens with zero attached hydrogens (tertiary/aromatic N) is 1. The fourth-order valence-electron chi connectivity index (χ4n) is 2.27. The van der Waals surface area contributed by atoms with Crippen molar-refractivity contribution in [1.29, 1.82) is 0 Å². The van der Waals surface area contributed by atoms with Crippen LogP contribution in [0.25, 0.3) is 10.6 Å². The molecule has 2 rings (SSSR count). The van der Waals surface area contributed by atoms with Crippen molar-refractivity contribution in [2.45, 2.75) is 47.1 Å². The number of thiazole rings is 1. The van der Waals surface area contributed by atoms with Crippen LogP contribution in [0.5, 0.6) is 0 Å². The average Bonchev–Trinajstić information content (AvgIpc) is 2.82. The molecule has 0 amide bonds. The molecular weight excluding hydrogens is 276 g/mol. The third-order valence-electron chi connectivity index (χ3n) is 3.39.